The van der Waals surface area contributed by atoms with Crippen LogP contribution >= 0.6 is 0 Å². The number of sulfonamides is 1. The molecule has 2 N–H and O–H groups in total. The van der Waals surface area contributed by atoms with Gasteiger partial charge in [0.05, 0.1) is 19.5 Å². The second-order valence-corrected chi connectivity index (χ2v) is 8.09. The van der Waals surface area contributed by atoms with Gasteiger partial charge >= 0.3 is 0 Å². The molecule has 0 unspecified atom stereocenters. The smallest absolute Gasteiger partial charge is 0.262 e. The number of hydrogen-bond acceptors (Lipinski definition) is 6. The molecule has 0 atom stereocenters. The molecular weight excluding hydrogens is 386 g/mol. The van der Waals surface area contributed by atoms with Crippen LogP contribution in [0.5, 0.6) is 0 Å². The summed E-state index contributed by atoms with van der Waals surface area (Å²) in [7, 11) is -3.70. The van der Waals surface area contributed by atoms with Crippen molar-refractivity contribution in [2.45, 2.75) is 18.5 Å². The highest BCUT2D eigenvalue weighted by Gasteiger charge is 2.28. The third-order valence-electron chi connectivity index (χ3n) is 4.00. The molecule has 150 valence electrons. The maximum atomic E-state index is 12.5. The molecule has 1 saturated heterocycles. The van der Waals surface area contributed by atoms with E-state index in [9.17, 15) is 18.0 Å². The second-order valence-electron chi connectivity index (χ2n) is 6.21. The monoisotopic (exact) mass is 407 g/mol. The fourth-order valence-electron chi connectivity index (χ4n) is 2.68. The zero-order valence-electron chi connectivity index (χ0n) is 15.3. The number of carbonyl (C=O) groups is 2. The number of aromatic nitrogens is 2. The number of hydrogen-bond donors (Lipinski definition) is 2. The third-order valence-corrected chi connectivity index (χ3v) is 5.78. The number of morpholine rings is 1. The molecule has 0 aliphatic carbocycles. The maximum absolute atomic E-state index is 12.5. The van der Waals surface area contributed by atoms with Crippen molar-refractivity contribution in [3.05, 3.63) is 36.8 Å². The predicted molar refractivity (Wildman–Crippen MR) is 101 cm³/mol. The minimum absolute atomic E-state index is 0.0842. The van der Waals surface area contributed by atoms with Gasteiger partial charge in [0.1, 0.15) is 6.54 Å². The summed E-state index contributed by atoms with van der Waals surface area (Å²) in [5.74, 6) is -0.514. The molecule has 2 aromatic rings. The van der Waals surface area contributed by atoms with Crippen molar-refractivity contribution in [2.24, 2.45) is 0 Å². The summed E-state index contributed by atoms with van der Waals surface area (Å²) >= 11 is 0. The highest BCUT2D eigenvalue weighted by molar-refractivity contribution is 7.89. The standard InChI is InChI=1S/C17H21N5O5S/c1-13(23)19-14-2-4-15(5-3-14)20-16(24)10-21-11-17(18-12-21)28(25,26)22-6-8-27-9-7-22/h2-5,11-12H,6-10H2,1H3,(H,19,23)(H,20,24). The number of nitrogens with zero attached hydrogens (tertiary/aromatic N) is 3. The highest BCUT2D eigenvalue weighted by Crippen LogP contribution is 2.16. The Hall–Kier alpha value is -2.76. The zero-order chi connectivity index (χ0) is 20.1. The first-order valence-electron chi connectivity index (χ1n) is 8.62. The van der Waals surface area contributed by atoms with Crippen molar-refractivity contribution < 1.29 is 22.7 Å². The summed E-state index contributed by atoms with van der Waals surface area (Å²) in [4.78, 5) is 27.1. The number of nitrogens with one attached hydrogen (secondary N) is 2. The van der Waals surface area contributed by atoms with Gasteiger partial charge in [0.25, 0.3) is 10.0 Å². The summed E-state index contributed by atoms with van der Waals surface area (Å²) in [6, 6.07) is 6.65. The van der Waals surface area contributed by atoms with E-state index in [1.807, 2.05) is 0 Å². The molecule has 1 aliphatic rings. The molecule has 1 aliphatic heterocycles. The molecule has 11 heteroatoms. The summed E-state index contributed by atoms with van der Waals surface area (Å²) in [6.45, 7) is 2.59. The van der Waals surface area contributed by atoms with Gasteiger partial charge in [-0.15, -0.1) is 0 Å². The Morgan fingerprint density at radius 1 is 1.11 bits per heavy atom. The van der Waals surface area contributed by atoms with Crippen LogP contribution in [0.1, 0.15) is 6.92 Å². The molecule has 3 rings (SSSR count). The van der Waals surface area contributed by atoms with E-state index in [-0.39, 0.29) is 36.5 Å². The average molecular weight is 407 g/mol. The van der Waals surface area contributed by atoms with Crippen molar-refractivity contribution in [3.63, 3.8) is 0 Å². The lowest BCUT2D eigenvalue weighted by Crippen LogP contribution is -2.40. The van der Waals surface area contributed by atoms with Crippen LogP contribution in [-0.4, -0.2) is 60.4 Å². The molecule has 2 amide bonds. The van der Waals surface area contributed by atoms with Crippen LogP contribution in [0, 0.1) is 0 Å². The Bertz CT molecular complexity index is 949. The number of rotatable bonds is 6. The topological polar surface area (TPSA) is 123 Å². The minimum Gasteiger partial charge on any atom is -0.379 e. The molecule has 10 nitrogen and oxygen atoms in total. The number of benzene rings is 1. The van der Waals surface area contributed by atoms with E-state index in [2.05, 4.69) is 15.6 Å². The van der Waals surface area contributed by atoms with E-state index in [4.69, 9.17) is 4.74 Å². The molecule has 1 fully saturated rings. The lowest BCUT2D eigenvalue weighted by Gasteiger charge is -2.24. The number of ether oxygens (including phenoxy) is 1. The lowest BCUT2D eigenvalue weighted by atomic mass is 10.2. The SMILES string of the molecule is CC(=O)Nc1ccc(NC(=O)Cn2cnc(S(=O)(=O)N3CCOCC3)c2)cc1. The number of anilines is 2. The second kappa shape index (κ2) is 8.50. The lowest BCUT2D eigenvalue weighted by molar-refractivity contribution is -0.117. The number of amides is 2. The van der Waals surface area contributed by atoms with Gasteiger partial charge in [-0.2, -0.15) is 4.31 Å². The molecule has 28 heavy (non-hydrogen) atoms. The first kappa shape index (κ1) is 20.0. The Kier molecular flexibility index (Phi) is 6.07. The van der Waals surface area contributed by atoms with Crippen LogP contribution in [0.4, 0.5) is 11.4 Å². The Morgan fingerprint density at radius 3 is 2.32 bits per heavy atom. The maximum Gasteiger partial charge on any atom is 0.262 e. The first-order valence-corrected chi connectivity index (χ1v) is 10.1. The van der Waals surface area contributed by atoms with E-state index in [1.165, 1.54) is 28.3 Å². The van der Waals surface area contributed by atoms with Crippen LogP contribution in [0.3, 0.4) is 0 Å². The quantitative estimate of drug-likeness (QED) is 0.719. The normalized spacial score (nSPS) is 15.2. The van der Waals surface area contributed by atoms with Gasteiger partial charge < -0.3 is 19.9 Å². The van der Waals surface area contributed by atoms with Crippen LogP contribution in [0.2, 0.25) is 0 Å². The van der Waals surface area contributed by atoms with E-state index < -0.39 is 10.0 Å². The molecule has 1 aromatic heterocycles. The van der Waals surface area contributed by atoms with Crippen LogP contribution in [0.15, 0.2) is 41.8 Å². The van der Waals surface area contributed by atoms with Gasteiger partial charge in [-0.05, 0) is 24.3 Å². The van der Waals surface area contributed by atoms with Gasteiger partial charge in [-0.25, -0.2) is 13.4 Å². The molecule has 0 spiro atoms. The van der Waals surface area contributed by atoms with Crippen LogP contribution in [-0.2, 0) is 30.9 Å². The highest BCUT2D eigenvalue weighted by atomic mass is 32.2. The van der Waals surface area contributed by atoms with Gasteiger partial charge in [-0.3, -0.25) is 9.59 Å². The average Bonchev–Trinajstić information content (AvgIpc) is 3.13. The van der Waals surface area contributed by atoms with Gasteiger partial charge in [-0.1, -0.05) is 0 Å². The zero-order valence-corrected chi connectivity index (χ0v) is 16.1. The Morgan fingerprint density at radius 2 is 1.71 bits per heavy atom. The summed E-state index contributed by atoms with van der Waals surface area (Å²) < 4.78 is 33.0. The van der Waals surface area contributed by atoms with E-state index in [0.717, 1.165) is 0 Å². The van der Waals surface area contributed by atoms with Crippen molar-refractivity contribution in [2.75, 3.05) is 36.9 Å². The Labute approximate surface area is 162 Å². The summed E-state index contributed by atoms with van der Waals surface area (Å²) in [6.07, 6.45) is 2.65. The molecule has 2 heterocycles. The molecule has 0 saturated carbocycles. The fourth-order valence-corrected chi connectivity index (χ4v) is 4.03. The summed E-state index contributed by atoms with van der Waals surface area (Å²) in [5, 5.41) is 5.25. The van der Waals surface area contributed by atoms with Crippen molar-refractivity contribution in [3.8, 4) is 0 Å². The number of carbonyl (C=O) groups excluding carboxylic acids is 2. The number of imidazole rings is 1. The fraction of sp³-hybridized carbons (Fsp3) is 0.353. The minimum atomic E-state index is -3.70. The van der Waals surface area contributed by atoms with Gasteiger partial charge in [0.15, 0.2) is 5.03 Å². The largest absolute Gasteiger partial charge is 0.379 e. The van der Waals surface area contributed by atoms with Gasteiger partial charge in [0, 0.05) is 37.6 Å². The molecular formula is C17H21N5O5S. The van der Waals surface area contributed by atoms with E-state index >= 15 is 0 Å². The van der Waals surface area contributed by atoms with E-state index in [0.29, 0.717) is 24.6 Å². The molecule has 1 aromatic carbocycles. The summed E-state index contributed by atoms with van der Waals surface area (Å²) in [5.41, 5.74) is 1.18. The first-order chi connectivity index (χ1) is 13.3. The van der Waals surface area contributed by atoms with Gasteiger partial charge in [0.2, 0.25) is 11.8 Å². The van der Waals surface area contributed by atoms with Crippen molar-refractivity contribution in [1.29, 1.82) is 0 Å². The van der Waals surface area contributed by atoms with Crippen molar-refractivity contribution in [1.82, 2.24) is 13.9 Å². The molecule has 0 bridgehead atoms. The van der Waals surface area contributed by atoms with Crippen LogP contribution < -0.4 is 10.6 Å². The Balaban J connectivity index is 1.60. The molecule has 0 radical (unpaired) electrons. The van der Waals surface area contributed by atoms with Crippen LogP contribution in [0.25, 0.3) is 0 Å². The van der Waals surface area contributed by atoms with Crippen molar-refractivity contribution >= 4 is 33.2 Å². The predicted octanol–water partition coefficient (Wildman–Crippen LogP) is 0.501. The van der Waals surface area contributed by atoms with E-state index in [1.54, 1.807) is 24.3 Å². The third kappa shape index (κ3) is 4.94.